The van der Waals surface area contributed by atoms with Gasteiger partial charge in [-0.25, -0.2) is 0 Å². The second-order valence-corrected chi connectivity index (χ2v) is 5.48. The molecular formula is C15H30O5. The molecule has 5 nitrogen and oxygen atoms in total. The van der Waals surface area contributed by atoms with E-state index in [1.54, 1.807) is 0 Å². The highest BCUT2D eigenvalue weighted by Gasteiger charge is 2.43. The van der Waals surface area contributed by atoms with Crippen LogP contribution in [0.4, 0.5) is 0 Å². The molecular weight excluding hydrogens is 260 g/mol. The van der Waals surface area contributed by atoms with Gasteiger partial charge in [0.1, 0.15) is 0 Å². The monoisotopic (exact) mass is 290 g/mol. The predicted octanol–water partition coefficient (Wildman–Crippen LogP) is 2.66. The highest BCUT2D eigenvalue weighted by Crippen LogP contribution is 2.38. The zero-order valence-corrected chi connectivity index (χ0v) is 13.4. The number of aliphatic hydroxyl groups is 1. The van der Waals surface area contributed by atoms with Crippen LogP contribution >= 0.6 is 0 Å². The molecule has 0 spiro atoms. The molecule has 0 bridgehead atoms. The first-order valence-corrected chi connectivity index (χ1v) is 7.69. The fourth-order valence-electron chi connectivity index (χ4n) is 2.65. The average molecular weight is 290 g/mol. The van der Waals surface area contributed by atoms with Crippen LogP contribution in [0.15, 0.2) is 0 Å². The molecule has 0 heterocycles. The Bertz CT molecular complexity index is 257. The normalized spacial score (nSPS) is 33.9. The third-order valence-electron chi connectivity index (χ3n) is 3.72. The van der Waals surface area contributed by atoms with E-state index in [2.05, 4.69) is 0 Å². The second-order valence-electron chi connectivity index (χ2n) is 5.48. The molecule has 120 valence electrons. The largest absolute Gasteiger partial charge is 0.393 e. The Balaban J connectivity index is 2.72. The minimum atomic E-state index is -0.824. The number of hydrogen-bond acceptors (Lipinski definition) is 5. The molecule has 4 unspecified atom stereocenters. The van der Waals surface area contributed by atoms with E-state index < -0.39 is 11.9 Å². The number of aliphatic hydroxyl groups excluding tert-OH is 1. The van der Waals surface area contributed by atoms with Gasteiger partial charge in [0.25, 0.3) is 0 Å². The SMILES string of the molecule is CCOC(C)OC1(OC(C)OCC)CCC(C)C(O)C1. The van der Waals surface area contributed by atoms with Gasteiger partial charge in [-0.05, 0) is 40.0 Å². The third kappa shape index (κ3) is 5.30. The Hall–Kier alpha value is -0.200. The fourth-order valence-corrected chi connectivity index (χ4v) is 2.65. The molecule has 1 fully saturated rings. The highest BCUT2D eigenvalue weighted by molar-refractivity contribution is 4.85. The second kappa shape index (κ2) is 8.29. The summed E-state index contributed by atoms with van der Waals surface area (Å²) in [6, 6.07) is 0. The first-order chi connectivity index (χ1) is 9.42. The Morgan fingerprint density at radius 3 is 2.00 bits per heavy atom. The minimum Gasteiger partial charge on any atom is -0.393 e. The molecule has 0 aromatic heterocycles. The van der Waals surface area contributed by atoms with Gasteiger partial charge in [0.2, 0.25) is 0 Å². The van der Waals surface area contributed by atoms with Crippen LogP contribution in [-0.4, -0.2) is 42.8 Å². The Kier molecular flexibility index (Phi) is 7.40. The molecule has 0 amide bonds. The van der Waals surface area contributed by atoms with Gasteiger partial charge in [-0.15, -0.1) is 0 Å². The van der Waals surface area contributed by atoms with E-state index in [4.69, 9.17) is 18.9 Å². The minimum absolute atomic E-state index is 0.264. The van der Waals surface area contributed by atoms with Crippen molar-refractivity contribution >= 4 is 0 Å². The van der Waals surface area contributed by atoms with Crippen molar-refractivity contribution in [2.45, 2.75) is 78.4 Å². The summed E-state index contributed by atoms with van der Waals surface area (Å²) in [5, 5.41) is 10.2. The van der Waals surface area contributed by atoms with E-state index >= 15 is 0 Å². The quantitative estimate of drug-likeness (QED) is 0.696. The zero-order chi connectivity index (χ0) is 15.2. The van der Waals surface area contributed by atoms with E-state index in [0.29, 0.717) is 19.6 Å². The molecule has 1 aliphatic carbocycles. The van der Waals surface area contributed by atoms with Crippen LogP contribution in [0.25, 0.3) is 0 Å². The molecule has 0 aromatic carbocycles. The van der Waals surface area contributed by atoms with Crippen molar-refractivity contribution < 1.29 is 24.1 Å². The molecule has 0 aliphatic heterocycles. The summed E-state index contributed by atoms with van der Waals surface area (Å²) in [4.78, 5) is 0. The molecule has 0 saturated heterocycles. The van der Waals surface area contributed by atoms with Crippen molar-refractivity contribution in [2.75, 3.05) is 13.2 Å². The topological polar surface area (TPSA) is 57.2 Å². The van der Waals surface area contributed by atoms with Crippen molar-refractivity contribution in [1.29, 1.82) is 0 Å². The summed E-state index contributed by atoms with van der Waals surface area (Å²) in [6.07, 6.45) is 0.886. The summed E-state index contributed by atoms with van der Waals surface area (Å²) in [6.45, 7) is 10.8. The Morgan fingerprint density at radius 1 is 1.10 bits per heavy atom. The van der Waals surface area contributed by atoms with Gasteiger partial charge < -0.3 is 24.1 Å². The number of ether oxygens (including phenoxy) is 4. The van der Waals surface area contributed by atoms with Crippen LogP contribution < -0.4 is 0 Å². The maximum Gasteiger partial charge on any atom is 0.177 e. The molecule has 1 aliphatic rings. The lowest BCUT2D eigenvalue weighted by Gasteiger charge is -2.43. The number of hydrogen-bond donors (Lipinski definition) is 1. The van der Waals surface area contributed by atoms with Gasteiger partial charge in [-0.3, -0.25) is 0 Å². The van der Waals surface area contributed by atoms with Crippen LogP contribution in [0.1, 0.15) is 53.9 Å². The third-order valence-corrected chi connectivity index (χ3v) is 3.72. The van der Waals surface area contributed by atoms with Crippen LogP contribution in [0.3, 0.4) is 0 Å². The fraction of sp³-hybridized carbons (Fsp3) is 1.00. The van der Waals surface area contributed by atoms with Gasteiger partial charge in [0.05, 0.1) is 6.10 Å². The summed E-state index contributed by atoms with van der Waals surface area (Å²) in [5.41, 5.74) is 0. The van der Waals surface area contributed by atoms with Crippen molar-refractivity contribution in [2.24, 2.45) is 5.92 Å². The van der Waals surface area contributed by atoms with Gasteiger partial charge in [0.15, 0.2) is 18.4 Å². The van der Waals surface area contributed by atoms with E-state index in [1.807, 2.05) is 34.6 Å². The van der Waals surface area contributed by atoms with Gasteiger partial charge in [-0.2, -0.15) is 0 Å². The van der Waals surface area contributed by atoms with Crippen molar-refractivity contribution in [3.63, 3.8) is 0 Å². The highest BCUT2D eigenvalue weighted by atomic mass is 16.8. The van der Waals surface area contributed by atoms with Crippen LogP contribution in [0.5, 0.6) is 0 Å². The molecule has 20 heavy (non-hydrogen) atoms. The van der Waals surface area contributed by atoms with E-state index in [9.17, 15) is 5.11 Å². The maximum absolute atomic E-state index is 10.2. The van der Waals surface area contributed by atoms with E-state index in [0.717, 1.165) is 12.8 Å². The van der Waals surface area contributed by atoms with Crippen LogP contribution in [0.2, 0.25) is 0 Å². The standard InChI is InChI=1S/C15H30O5/c1-6-17-12(4)19-15(20-13(5)18-7-2)9-8-11(3)14(16)10-15/h11-14,16H,6-10H2,1-5H3. The van der Waals surface area contributed by atoms with Gasteiger partial charge >= 0.3 is 0 Å². The molecule has 1 rings (SSSR count). The van der Waals surface area contributed by atoms with Gasteiger partial charge in [0, 0.05) is 26.1 Å². The summed E-state index contributed by atoms with van der Waals surface area (Å²) in [5.74, 6) is -0.560. The van der Waals surface area contributed by atoms with E-state index in [1.165, 1.54) is 0 Å². The molecule has 1 saturated carbocycles. The predicted molar refractivity (Wildman–Crippen MR) is 76.1 cm³/mol. The maximum atomic E-state index is 10.2. The molecule has 0 radical (unpaired) electrons. The molecule has 1 N–H and O–H groups in total. The lowest BCUT2D eigenvalue weighted by molar-refractivity contribution is -0.362. The molecule has 5 heteroatoms. The Morgan fingerprint density at radius 2 is 1.60 bits per heavy atom. The van der Waals surface area contributed by atoms with Crippen molar-refractivity contribution in [3.05, 3.63) is 0 Å². The first kappa shape index (κ1) is 17.9. The lowest BCUT2D eigenvalue weighted by Crippen LogP contribution is -2.49. The van der Waals surface area contributed by atoms with Crippen LogP contribution in [-0.2, 0) is 18.9 Å². The lowest BCUT2D eigenvalue weighted by atomic mass is 9.83. The average Bonchev–Trinajstić information content (AvgIpc) is 2.34. The van der Waals surface area contributed by atoms with E-state index in [-0.39, 0.29) is 18.5 Å². The van der Waals surface area contributed by atoms with Crippen molar-refractivity contribution in [3.8, 4) is 0 Å². The van der Waals surface area contributed by atoms with Crippen LogP contribution in [0, 0.1) is 5.92 Å². The van der Waals surface area contributed by atoms with Gasteiger partial charge in [-0.1, -0.05) is 6.92 Å². The summed E-state index contributed by atoms with van der Waals surface area (Å²) in [7, 11) is 0. The number of rotatable bonds is 8. The zero-order valence-electron chi connectivity index (χ0n) is 13.4. The molecule has 0 aromatic rings. The smallest absolute Gasteiger partial charge is 0.177 e. The molecule has 4 atom stereocenters. The Labute approximate surface area is 122 Å². The first-order valence-electron chi connectivity index (χ1n) is 7.69. The van der Waals surface area contributed by atoms with Crippen molar-refractivity contribution in [1.82, 2.24) is 0 Å². The summed E-state index contributed by atoms with van der Waals surface area (Å²) >= 11 is 0. The summed E-state index contributed by atoms with van der Waals surface area (Å²) < 4.78 is 22.8.